The van der Waals surface area contributed by atoms with Crippen molar-refractivity contribution < 1.29 is 13.2 Å². The summed E-state index contributed by atoms with van der Waals surface area (Å²) in [6.45, 7) is 4.47. The molecule has 1 unspecified atom stereocenters. The van der Waals surface area contributed by atoms with Crippen LogP contribution in [0.25, 0.3) is 0 Å². The van der Waals surface area contributed by atoms with E-state index in [0.29, 0.717) is 37.5 Å². The molecule has 0 fully saturated rings. The molecule has 34 heavy (non-hydrogen) atoms. The lowest BCUT2D eigenvalue weighted by Crippen LogP contribution is -2.50. The Morgan fingerprint density at radius 2 is 1.85 bits per heavy atom. The second-order valence-corrected chi connectivity index (χ2v) is 9.63. The van der Waals surface area contributed by atoms with Crippen molar-refractivity contribution in [3.8, 4) is 0 Å². The Kier molecular flexibility index (Phi) is 9.03. The van der Waals surface area contributed by atoms with Crippen molar-refractivity contribution in [3.05, 3.63) is 70.7 Å². The van der Waals surface area contributed by atoms with Crippen LogP contribution in [0.5, 0.6) is 0 Å². The van der Waals surface area contributed by atoms with Gasteiger partial charge in [0.2, 0.25) is 12.4 Å². The van der Waals surface area contributed by atoms with Gasteiger partial charge in [-0.3, -0.25) is 4.79 Å². The van der Waals surface area contributed by atoms with Crippen molar-refractivity contribution in [2.24, 2.45) is 10.1 Å². The molecule has 11 heteroatoms. The number of hydrazone groups is 1. The number of hydrogen-bond donors (Lipinski definition) is 2. The van der Waals surface area contributed by atoms with Crippen molar-refractivity contribution in [1.29, 1.82) is 0 Å². The molecule has 1 atom stereocenters. The van der Waals surface area contributed by atoms with Crippen LogP contribution in [0.4, 0.5) is 0 Å². The number of aliphatic imine (C=N–C) groups is 1. The monoisotopic (exact) mass is 504 g/mol. The summed E-state index contributed by atoms with van der Waals surface area (Å²) < 4.78 is 29.7. The number of hydrogen-bond acceptors (Lipinski definition) is 5. The molecule has 2 aromatic rings. The van der Waals surface area contributed by atoms with Crippen molar-refractivity contribution in [3.63, 3.8) is 0 Å². The third-order valence-corrected chi connectivity index (χ3v) is 7.33. The average Bonchev–Trinajstić information content (AvgIpc) is 2.85. The number of amides is 1. The molecule has 0 bridgehead atoms. The lowest BCUT2D eigenvalue weighted by Gasteiger charge is -2.32. The first-order valence-corrected chi connectivity index (χ1v) is 12.9. The minimum Gasteiger partial charge on any atom is -0.339 e. The molecule has 0 aliphatic carbocycles. The summed E-state index contributed by atoms with van der Waals surface area (Å²) in [6, 6.07) is 17.4. The Bertz CT molecular complexity index is 1120. The van der Waals surface area contributed by atoms with Gasteiger partial charge in [0.25, 0.3) is 0 Å². The predicted octanol–water partition coefficient (Wildman–Crippen LogP) is 2.77. The van der Waals surface area contributed by atoms with Crippen LogP contribution in [0.3, 0.4) is 0 Å². The molecule has 0 radical (unpaired) electrons. The van der Waals surface area contributed by atoms with E-state index in [4.69, 9.17) is 16.7 Å². The maximum atomic E-state index is 12.9. The molecule has 2 aromatic carbocycles. The molecule has 1 aliphatic heterocycles. The maximum absolute atomic E-state index is 12.9. The molecular formula is C23H29ClN6O3S. The predicted molar refractivity (Wildman–Crippen MR) is 135 cm³/mol. The number of carbonyl (C=O) groups is 1. The standard InChI is InChI=1S/C23H29ClN6O3S/c1-3-29(4-2)34(32,33)28-23(26-16-25-17-31)30-15-14-21(18-8-6-5-7-9-18)22(27-30)19-10-12-20(24)13-11-19/h5-13,17,21H,3-4,14-16H2,1-2H3,(H,25,31)(H,26,28). The number of rotatable bonds is 9. The number of guanidine groups is 1. The summed E-state index contributed by atoms with van der Waals surface area (Å²) in [5, 5.41) is 9.42. The number of benzene rings is 2. The van der Waals surface area contributed by atoms with E-state index >= 15 is 0 Å². The highest BCUT2D eigenvalue weighted by atomic mass is 35.5. The fourth-order valence-corrected chi connectivity index (χ4v) is 5.08. The van der Waals surface area contributed by atoms with Gasteiger partial charge >= 0.3 is 10.2 Å². The van der Waals surface area contributed by atoms with Gasteiger partial charge in [-0.05, 0) is 29.7 Å². The largest absolute Gasteiger partial charge is 0.339 e. The summed E-state index contributed by atoms with van der Waals surface area (Å²) in [6.07, 6.45) is 1.18. The van der Waals surface area contributed by atoms with Crippen LogP contribution in [-0.2, 0) is 15.0 Å². The van der Waals surface area contributed by atoms with E-state index in [0.717, 1.165) is 16.8 Å². The van der Waals surface area contributed by atoms with Crippen molar-refractivity contribution in [2.75, 3.05) is 26.3 Å². The Morgan fingerprint density at radius 1 is 1.18 bits per heavy atom. The van der Waals surface area contributed by atoms with Gasteiger partial charge in [-0.15, -0.1) is 0 Å². The molecule has 0 aromatic heterocycles. The van der Waals surface area contributed by atoms with Gasteiger partial charge in [-0.2, -0.15) is 17.8 Å². The van der Waals surface area contributed by atoms with Gasteiger partial charge in [0.05, 0.1) is 5.71 Å². The average molecular weight is 505 g/mol. The number of carbonyl (C=O) groups excluding carboxylic acids is 1. The lowest BCUT2D eigenvalue weighted by atomic mass is 9.86. The van der Waals surface area contributed by atoms with Gasteiger partial charge in [0.1, 0.15) is 6.67 Å². The maximum Gasteiger partial charge on any atom is 0.303 e. The van der Waals surface area contributed by atoms with Gasteiger partial charge in [0.15, 0.2) is 0 Å². The third kappa shape index (κ3) is 6.34. The molecule has 2 N–H and O–H groups in total. The molecule has 0 spiro atoms. The van der Waals surface area contributed by atoms with Crippen LogP contribution in [-0.4, -0.2) is 62.1 Å². The minimum atomic E-state index is -3.85. The zero-order chi connectivity index (χ0) is 24.6. The van der Waals surface area contributed by atoms with E-state index in [2.05, 4.69) is 27.2 Å². The van der Waals surface area contributed by atoms with Crippen LogP contribution in [0.1, 0.15) is 37.3 Å². The van der Waals surface area contributed by atoms with E-state index in [9.17, 15) is 13.2 Å². The van der Waals surface area contributed by atoms with Crippen molar-refractivity contribution in [2.45, 2.75) is 26.2 Å². The SMILES string of the molecule is CCN(CC)S(=O)(=O)N/C(=N/CNC=O)N1CCC(c2ccccc2)C(c2ccc(Cl)cc2)=N1. The normalized spacial score (nSPS) is 16.8. The van der Waals surface area contributed by atoms with E-state index in [1.807, 2.05) is 30.3 Å². The Balaban J connectivity index is 2.03. The zero-order valence-corrected chi connectivity index (χ0v) is 20.8. The summed E-state index contributed by atoms with van der Waals surface area (Å²) >= 11 is 6.10. The van der Waals surface area contributed by atoms with Gasteiger partial charge in [0, 0.05) is 30.6 Å². The van der Waals surface area contributed by atoms with Crippen LogP contribution >= 0.6 is 11.6 Å². The van der Waals surface area contributed by atoms with Crippen molar-refractivity contribution >= 4 is 39.9 Å². The molecule has 1 amide bonds. The summed E-state index contributed by atoms with van der Waals surface area (Å²) in [5.74, 6) is 0.0478. The molecule has 0 saturated carbocycles. The quantitative estimate of drug-likeness (QED) is 0.237. The fraction of sp³-hybridized carbons (Fsp3) is 0.348. The second kappa shape index (κ2) is 12.0. The highest BCUT2D eigenvalue weighted by molar-refractivity contribution is 7.87. The molecule has 3 rings (SSSR count). The molecule has 0 saturated heterocycles. The van der Waals surface area contributed by atoms with Crippen molar-refractivity contribution in [1.82, 2.24) is 19.4 Å². The first-order chi connectivity index (χ1) is 16.4. The van der Waals surface area contributed by atoms with Gasteiger partial charge < -0.3 is 5.32 Å². The summed E-state index contributed by atoms with van der Waals surface area (Å²) in [4.78, 5) is 15.0. The van der Waals surface area contributed by atoms with Crippen LogP contribution < -0.4 is 10.0 Å². The van der Waals surface area contributed by atoms with Gasteiger partial charge in [-0.1, -0.05) is 67.9 Å². The first kappa shape index (κ1) is 25.7. The van der Waals surface area contributed by atoms with E-state index in [1.54, 1.807) is 26.0 Å². The first-order valence-electron chi connectivity index (χ1n) is 11.1. The molecular weight excluding hydrogens is 476 g/mol. The van der Waals surface area contributed by atoms with E-state index in [-0.39, 0.29) is 18.5 Å². The smallest absolute Gasteiger partial charge is 0.303 e. The number of nitrogens with one attached hydrogen (secondary N) is 2. The lowest BCUT2D eigenvalue weighted by molar-refractivity contribution is -0.109. The highest BCUT2D eigenvalue weighted by Gasteiger charge is 2.30. The molecule has 182 valence electrons. The Hall–Kier alpha value is -2.95. The molecule has 1 heterocycles. The summed E-state index contributed by atoms with van der Waals surface area (Å²) in [5.41, 5.74) is 2.76. The number of nitrogens with zero attached hydrogens (tertiary/aromatic N) is 4. The number of halogens is 1. The Labute approximate surface area is 205 Å². The van der Waals surface area contributed by atoms with Crippen LogP contribution in [0.15, 0.2) is 64.7 Å². The van der Waals surface area contributed by atoms with E-state index in [1.165, 1.54) is 9.31 Å². The van der Waals surface area contributed by atoms with Crippen LogP contribution in [0.2, 0.25) is 5.02 Å². The zero-order valence-electron chi connectivity index (χ0n) is 19.2. The van der Waals surface area contributed by atoms with E-state index < -0.39 is 10.2 Å². The highest BCUT2D eigenvalue weighted by Crippen LogP contribution is 2.30. The summed E-state index contributed by atoms with van der Waals surface area (Å²) in [7, 11) is -3.85. The second-order valence-electron chi connectivity index (χ2n) is 7.52. The van der Waals surface area contributed by atoms with Crippen LogP contribution in [0, 0.1) is 0 Å². The topological polar surface area (TPSA) is 106 Å². The third-order valence-electron chi connectivity index (χ3n) is 5.44. The van der Waals surface area contributed by atoms with Gasteiger partial charge in [-0.25, -0.2) is 14.7 Å². The fourth-order valence-electron chi connectivity index (χ4n) is 3.75. The minimum absolute atomic E-state index is 0.00682. The molecule has 1 aliphatic rings. The molecule has 9 nitrogen and oxygen atoms in total. The Morgan fingerprint density at radius 3 is 2.47 bits per heavy atom.